The quantitative estimate of drug-likeness (QED) is 0.878. The summed E-state index contributed by atoms with van der Waals surface area (Å²) >= 11 is 0. The van der Waals surface area contributed by atoms with Gasteiger partial charge in [-0.05, 0) is 37.5 Å². The average molecular weight is 315 g/mol. The van der Waals surface area contributed by atoms with E-state index in [1.807, 2.05) is 31.3 Å². The Kier molecular flexibility index (Phi) is 4.23. The van der Waals surface area contributed by atoms with Crippen LogP contribution in [0.25, 0.3) is 10.9 Å². The first-order chi connectivity index (χ1) is 11.1. The standard InChI is InChI=1S/C17H21N3O3/c1-2-23-14-7-3-5-12-16(14)11(10-19-12)9-15(21)20-8-4-6-13(20)17(18)22/h3,5,7,10,13,19H,2,4,6,8-9H2,1H3,(H2,18,22)/t13-/m1/s1. The van der Waals surface area contributed by atoms with Crippen molar-refractivity contribution in [1.29, 1.82) is 0 Å². The van der Waals surface area contributed by atoms with Crippen molar-refractivity contribution in [2.75, 3.05) is 13.2 Å². The summed E-state index contributed by atoms with van der Waals surface area (Å²) in [5.74, 6) is 0.269. The molecule has 1 aromatic heterocycles. The molecule has 1 aliphatic rings. The van der Waals surface area contributed by atoms with Crippen LogP contribution in [0.1, 0.15) is 25.3 Å². The van der Waals surface area contributed by atoms with E-state index in [9.17, 15) is 9.59 Å². The first kappa shape index (κ1) is 15.4. The molecule has 1 aliphatic heterocycles. The molecule has 6 heteroatoms. The second-order valence-electron chi connectivity index (χ2n) is 5.75. The molecule has 122 valence electrons. The molecule has 0 bridgehead atoms. The highest BCUT2D eigenvalue weighted by atomic mass is 16.5. The second kappa shape index (κ2) is 6.32. The fourth-order valence-corrected chi connectivity index (χ4v) is 3.26. The number of aromatic nitrogens is 1. The molecule has 0 unspecified atom stereocenters. The molecule has 0 radical (unpaired) electrons. The van der Waals surface area contributed by atoms with Crippen LogP contribution in [0.4, 0.5) is 0 Å². The van der Waals surface area contributed by atoms with Crippen LogP contribution in [-0.4, -0.2) is 40.9 Å². The second-order valence-corrected chi connectivity index (χ2v) is 5.75. The molecule has 2 aromatic rings. The summed E-state index contributed by atoms with van der Waals surface area (Å²) < 4.78 is 5.67. The number of hydrogen-bond donors (Lipinski definition) is 2. The zero-order valence-corrected chi connectivity index (χ0v) is 13.2. The number of primary amides is 1. The van der Waals surface area contributed by atoms with Gasteiger partial charge < -0.3 is 20.4 Å². The molecule has 0 spiro atoms. The van der Waals surface area contributed by atoms with Crippen molar-refractivity contribution in [3.05, 3.63) is 30.0 Å². The van der Waals surface area contributed by atoms with E-state index >= 15 is 0 Å². The van der Waals surface area contributed by atoms with E-state index in [-0.39, 0.29) is 12.3 Å². The molecule has 1 fully saturated rings. The van der Waals surface area contributed by atoms with Crippen LogP contribution >= 0.6 is 0 Å². The summed E-state index contributed by atoms with van der Waals surface area (Å²) in [6.07, 6.45) is 3.53. The van der Waals surface area contributed by atoms with Gasteiger partial charge in [0, 0.05) is 23.6 Å². The Morgan fingerprint density at radius 2 is 2.26 bits per heavy atom. The Morgan fingerprint density at radius 1 is 1.43 bits per heavy atom. The van der Waals surface area contributed by atoms with Gasteiger partial charge in [0.1, 0.15) is 11.8 Å². The van der Waals surface area contributed by atoms with Crippen molar-refractivity contribution in [3.8, 4) is 5.75 Å². The molecule has 3 rings (SSSR count). The Balaban J connectivity index is 1.86. The van der Waals surface area contributed by atoms with Crippen molar-refractivity contribution in [3.63, 3.8) is 0 Å². The number of benzene rings is 1. The van der Waals surface area contributed by atoms with E-state index < -0.39 is 11.9 Å². The van der Waals surface area contributed by atoms with Crippen LogP contribution in [0.3, 0.4) is 0 Å². The van der Waals surface area contributed by atoms with E-state index in [0.717, 1.165) is 28.6 Å². The molecule has 0 saturated carbocycles. The fraction of sp³-hybridized carbons (Fsp3) is 0.412. The number of carbonyl (C=O) groups is 2. The summed E-state index contributed by atoms with van der Waals surface area (Å²) in [5.41, 5.74) is 7.21. The van der Waals surface area contributed by atoms with E-state index in [4.69, 9.17) is 10.5 Å². The minimum Gasteiger partial charge on any atom is -0.493 e. The summed E-state index contributed by atoms with van der Waals surface area (Å²) in [5, 5.41) is 0.928. The Morgan fingerprint density at radius 3 is 3.00 bits per heavy atom. The number of nitrogens with zero attached hydrogens (tertiary/aromatic N) is 1. The molecular formula is C17H21N3O3. The SMILES string of the molecule is CCOc1cccc2[nH]cc(CC(=O)N3CCC[C@@H]3C(N)=O)c12. The summed E-state index contributed by atoms with van der Waals surface area (Å²) in [4.78, 5) is 28.9. The summed E-state index contributed by atoms with van der Waals surface area (Å²) in [6, 6.07) is 5.29. The number of fused-ring (bicyclic) bond motifs is 1. The third kappa shape index (κ3) is 2.88. The Hall–Kier alpha value is -2.50. The monoisotopic (exact) mass is 315 g/mol. The molecular weight excluding hydrogens is 294 g/mol. The number of nitrogens with two attached hydrogens (primary N) is 1. The maximum absolute atomic E-state index is 12.6. The van der Waals surface area contributed by atoms with Crippen LogP contribution in [0, 0.1) is 0 Å². The van der Waals surface area contributed by atoms with Gasteiger partial charge in [0.15, 0.2) is 0 Å². The van der Waals surface area contributed by atoms with Crippen LogP contribution in [0.5, 0.6) is 5.75 Å². The van der Waals surface area contributed by atoms with Gasteiger partial charge in [-0.25, -0.2) is 0 Å². The van der Waals surface area contributed by atoms with Gasteiger partial charge in [-0.1, -0.05) is 6.07 Å². The number of nitrogens with one attached hydrogen (secondary N) is 1. The number of amides is 2. The zero-order chi connectivity index (χ0) is 16.4. The highest BCUT2D eigenvalue weighted by molar-refractivity contribution is 5.94. The lowest BCUT2D eigenvalue weighted by atomic mass is 10.1. The number of likely N-dealkylation sites (tertiary alicyclic amines) is 1. The van der Waals surface area contributed by atoms with E-state index in [0.29, 0.717) is 19.6 Å². The molecule has 1 aromatic carbocycles. The zero-order valence-electron chi connectivity index (χ0n) is 13.2. The number of aromatic amines is 1. The van der Waals surface area contributed by atoms with Crippen LogP contribution in [0.15, 0.2) is 24.4 Å². The Bertz CT molecular complexity index is 738. The number of hydrogen-bond acceptors (Lipinski definition) is 3. The normalized spacial score (nSPS) is 17.6. The van der Waals surface area contributed by atoms with E-state index in [2.05, 4.69) is 4.98 Å². The van der Waals surface area contributed by atoms with Crippen molar-refractivity contribution >= 4 is 22.7 Å². The van der Waals surface area contributed by atoms with Gasteiger partial charge >= 0.3 is 0 Å². The minimum atomic E-state index is -0.473. The van der Waals surface area contributed by atoms with E-state index in [1.54, 1.807) is 4.90 Å². The van der Waals surface area contributed by atoms with Gasteiger partial charge in [-0.3, -0.25) is 9.59 Å². The minimum absolute atomic E-state index is 0.0708. The van der Waals surface area contributed by atoms with Gasteiger partial charge in [0.05, 0.1) is 13.0 Å². The third-order valence-electron chi connectivity index (χ3n) is 4.29. The average Bonchev–Trinajstić information content (AvgIpc) is 3.15. The summed E-state index contributed by atoms with van der Waals surface area (Å²) in [7, 11) is 0. The van der Waals surface area contributed by atoms with Gasteiger partial charge in [-0.2, -0.15) is 0 Å². The van der Waals surface area contributed by atoms with Crippen LogP contribution in [0.2, 0.25) is 0 Å². The molecule has 1 atom stereocenters. The summed E-state index contributed by atoms with van der Waals surface area (Å²) in [6.45, 7) is 3.08. The molecule has 3 N–H and O–H groups in total. The van der Waals surface area contributed by atoms with Crippen molar-refractivity contribution in [2.45, 2.75) is 32.2 Å². The molecule has 23 heavy (non-hydrogen) atoms. The Labute approximate surface area is 134 Å². The first-order valence-corrected chi connectivity index (χ1v) is 7.92. The van der Waals surface area contributed by atoms with Crippen LogP contribution < -0.4 is 10.5 Å². The van der Waals surface area contributed by atoms with Gasteiger partial charge in [0.2, 0.25) is 11.8 Å². The third-order valence-corrected chi connectivity index (χ3v) is 4.29. The highest BCUT2D eigenvalue weighted by Crippen LogP contribution is 2.30. The van der Waals surface area contributed by atoms with Crippen molar-refractivity contribution in [1.82, 2.24) is 9.88 Å². The molecule has 1 saturated heterocycles. The lowest BCUT2D eigenvalue weighted by molar-refractivity contribution is -0.136. The molecule has 0 aliphatic carbocycles. The fourth-order valence-electron chi connectivity index (χ4n) is 3.26. The predicted octanol–water partition coefficient (Wildman–Crippen LogP) is 1.59. The van der Waals surface area contributed by atoms with Gasteiger partial charge in [0.25, 0.3) is 0 Å². The number of rotatable bonds is 5. The van der Waals surface area contributed by atoms with Crippen molar-refractivity contribution < 1.29 is 14.3 Å². The lowest BCUT2D eigenvalue weighted by Crippen LogP contribution is -2.44. The van der Waals surface area contributed by atoms with Gasteiger partial charge in [-0.15, -0.1) is 0 Å². The number of ether oxygens (including phenoxy) is 1. The lowest BCUT2D eigenvalue weighted by Gasteiger charge is -2.22. The van der Waals surface area contributed by atoms with Crippen LogP contribution in [-0.2, 0) is 16.0 Å². The van der Waals surface area contributed by atoms with Crippen molar-refractivity contribution in [2.24, 2.45) is 5.73 Å². The largest absolute Gasteiger partial charge is 0.493 e. The number of H-pyrrole nitrogens is 1. The molecule has 2 amide bonds. The molecule has 6 nitrogen and oxygen atoms in total. The molecule has 2 heterocycles. The highest BCUT2D eigenvalue weighted by Gasteiger charge is 2.32. The topological polar surface area (TPSA) is 88.4 Å². The maximum Gasteiger partial charge on any atom is 0.240 e. The first-order valence-electron chi connectivity index (χ1n) is 7.92. The predicted molar refractivity (Wildman–Crippen MR) is 87.1 cm³/mol. The number of carbonyl (C=O) groups excluding carboxylic acids is 2. The van der Waals surface area contributed by atoms with E-state index in [1.165, 1.54) is 0 Å². The maximum atomic E-state index is 12.6. The smallest absolute Gasteiger partial charge is 0.240 e.